The van der Waals surface area contributed by atoms with Crippen LogP contribution in [0.2, 0.25) is 0 Å². The van der Waals surface area contributed by atoms with E-state index in [2.05, 4.69) is 15.3 Å². The highest BCUT2D eigenvalue weighted by Gasteiger charge is 2.67. The zero-order chi connectivity index (χ0) is 40.8. The molecule has 2 aromatic rings. The van der Waals surface area contributed by atoms with Crippen molar-refractivity contribution in [3.8, 4) is 11.6 Å². The van der Waals surface area contributed by atoms with Crippen molar-refractivity contribution >= 4 is 44.9 Å². The first kappa shape index (κ1) is 40.9. The van der Waals surface area contributed by atoms with Crippen LogP contribution in [0.15, 0.2) is 30.4 Å². The van der Waals surface area contributed by atoms with E-state index in [0.717, 1.165) is 24.2 Å². The molecule has 0 spiro atoms. The second kappa shape index (κ2) is 15.3. The van der Waals surface area contributed by atoms with Gasteiger partial charge >= 0.3 is 12.0 Å². The number of methoxy groups -OCH3 is 1. The molecular formula is C36H44F4N6O9S. The lowest BCUT2D eigenvalue weighted by Gasteiger charge is -2.29. The molecule has 20 heteroatoms. The van der Waals surface area contributed by atoms with Crippen molar-refractivity contribution in [3.05, 3.63) is 36.0 Å². The molecule has 4 N–H and O–H groups in total. The molecule has 3 saturated carbocycles. The number of sulfonamides is 1. The fourth-order valence-electron chi connectivity index (χ4n) is 7.10. The molecule has 56 heavy (non-hydrogen) atoms. The van der Waals surface area contributed by atoms with Crippen molar-refractivity contribution in [1.82, 2.24) is 30.2 Å². The Bertz CT molecular complexity index is 2030. The van der Waals surface area contributed by atoms with Crippen LogP contribution in [0.5, 0.6) is 11.6 Å². The van der Waals surface area contributed by atoms with Crippen LogP contribution in [0.25, 0.3) is 11.0 Å². The lowest BCUT2D eigenvalue weighted by Crippen LogP contribution is -2.59. The topological polar surface area (TPSA) is 206 Å². The minimum absolute atomic E-state index is 0.0186. The van der Waals surface area contributed by atoms with Crippen molar-refractivity contribution < 1.29 is 59.7 Å². The molecule has 0 bridgehead atoms. The summed E-state index contributed by atoms with van der Waals surface area (Å²) in [6.45, 7) is 1.65. The number of allylic oxidation sites excluding steroid dienone is 2. The summed E-state index contributed by atoms with van der Waals surface area (Å²) in [5.74, 6) is -9.80. The highest BCUT2D eigenvalue weighted by atomic mass is 32.2. The van der Waals surface area contributed by atoms with E-state index in [1.54, 1.807) is 6.92 Å². The maximum Gasteiger partial charge on any atom is 0.405 e. The number of carboxylic acid groups (broad SMARTS) is 1. The molecule has 5 atom stereocenters. The second-order valence-corrected chi connectivity index (χ2v) is 17.3. The largest absolute Gasteiger partial charge is 0.497 e. The Morgan fingerprint density at radius 3 is 2.45 bits per heavy atom. The van der Waals surface area contributed by atoms with E-state index in [4.69, 9.17) is 9.47 Å². The van der Waals surface area contributed by atoms with Gasteiger partial charge in [-0.1, -0.05) is 25.8 Å². The quantitative estimate of drug-likeness (QED) is 0.133. The predicted octanol–water partition coefficient (Wildman–Crippen LogP) is 3.87. The van der Waals surface area contributed by atoms with E-state index in [9.17, 15) is 41.5 Å². The summed E-state index contributed by atoms with van der Waals surface area (Å²) in [7, 11) is -2.91. The maximum absolute atomic E-state index is 16.0. The monoisotopic (exact) mass is 812 g/mol. The summed E-state index contributed by atoms with van der Waals surface area (Å²) in [5, 5.41) is 13.4. The van der Waals surface area contributed by atoms with Crippen LogP contribution in [0.1, 0.15) is 70.9 Å². The van der Waals surface area contributed by atoms with Gasteiger partial charge in [0, 0.05) is 12.0 Å². The molecule has 0 radical (unpaired) electrons. The number of carbonyl (C=O) groups excluding carboxylic acids is 3. The standard InChI is InChI=1S/C36H44F4N6O9S/c1-4-21-25(55-31-28(36(39,40)12-6-5-7-19-8-9-19)42-23-11-10-20(54-3)15-24(23)43-31)18-46(26(47)17-41-33(50)51)27(21)30(48)44-35(16-22(35)29(37)38)32(49)45-56(52,53)34(2)13-14-34/h6,10-12,15,19,21-22,25,27,29,41H,4-5,7-9,13-14,16-18H2,1-3H3,(H,44,48)(H,45,49)(H,50,51)/b12-6+/t21-,22+,25+,27+,35-/m1/s1. The van der Waals surface area contributed by atoms with Crippen LogP contribution in [-0.4, -0.2) is 101 Å². The van der Waals surface area contributed by atoms with Gasteiger partial charge in [0.2, 0.25) is 34.1 Å². The number of aromatic nitrogens is 2. The van der Waals surface area contributed by atoms with Crippen molar-refractivity contribution in [1.29, 1.82) is 0 Å². The third-order valence-corrected chi connectivity index (χ3v) is 13.3. The van der Waals surface area contributed by atoms with Gasteiger partial charge < -0.3 is 30.1 Å². The van der Waals surface area contributed by atoms with Gasteiger partial charge in [0.15, 0.2) is 5.69 Å². The molecule has 1 saturated heterocycles. The minimum atomic E-state index is -4.31. The van der Waals surface area contributed by atoms with Crippen LogP contribution in [-0.2, 0) is 30.3 Å². The van der Waals surface area contributed by atoms with Gasteiger partial charge in [0.25, 0.3) is 5.91 Å². The van der Waals surface area contributed by atoms with Gasteiger partial charge in [-0.25, -0.2) is 32.0 Å². The summed E-state index contributed by atoms with van der Waals surface area (Å²) in [6.07, 6.45) is -0.806. The smallest absolute Gasteiger partial charge is 0.405 e. The molecule has 0 unspecified atom stereocenters. The Hall–Kier alpha value is -4.75. The summed E-state index contributed by atoms with van der Waals surface area (Å²) >= 11 is 0. The summed E-state index contributed by atoms with van der Waals surface area (Å²) in [5.41, 5.74) is -3.01. The number of fused-ring (bicyclic) bond motifs is 1. The molecule has 6 rings (SSSR count). The van der Waals surface area contributed by atoms with Crippen LogP contribution < -0.4 is 24.8 Å². The Morgan fingerprint density at radius 2 is 1.86 bits per heavy atom. The number of amides is 4. The predicted molar refractivity (Wildman–Crippen MR) is 190 cm³/mol. The number of halogens is 4. The van der Waals surface area contributed by atoms with Gasteiger partial charge in [0.05, 0.1) is 35.4 Å². The first-order valence-corrected chi connectivity index (χ1v) is 19.8. The lowest BCUT2D eigenvalue weighted by atomic mass is 9.94. The van der Waals surface area contributed by atoms with E-state index < -0.39 is 112 Å². The molecular weight excluding hydrogens is 768 g/mol. The molecule has 4 fully saturated rings. The molecule has 1 aliphatic heterocycles. The molecule has 2 heterocycles. The van der Waals surface area contributed by atoms with Crippen molar-refractivity contribution in [2.75, 3.05) is 20.2 Å². The average molecular weight is 813 g/mol. The van der Waals surface area contributed by atoms with Crippen LogP contribution >= 0.6 is 0 Å². The van der Waals surface area contributed by atoms with E-state index in [-0.39, 0.29) is 30.3 Å². The molecule has 15 nitrogen and oxygen atoms in total. The molecule has 4 amide bonds. The van der Waals surface area contributed by atoms with Crippen LogP contribution in [0.4, 0.5) is 22.4 Å². The number of ether oxygens (including phenoxy) is 2. The number of benzene rings is 1. The summed E-state index contributed by atoms with van der Waals surface area (Å²) in [6, 6.07) is 2.78. The molecule has 4 aliphatic rings. The SMILES string of the molecule is CC[C@@H]1[C@@H](Oc2nc3cc(OC)ccc3nc2C(F)(F)/C=C/CCC2CC2)CN(C(=O)CNC(=O)O)[C@@H]1C(=O)N[C@]1(C(=O)NS(=O)(=O)C2(C)CC2)C[C@H]1C(F)F. The molecule has 1 aromatic carbocycles. The van der Waals surface area contributed by atoms with Crippen molar-refractivity contribution in [2.45, 2.75) is 100.0 Å². The van der Waals surface area contributed by atoms with E-state index in [1.807, 2.05) is 10.0 Å². The van der Waals surface area contributed by atoms with Crippen molar-refractivity contribution in [3.63, 3.8) is 0 Å². The Morgan fingerprint density at radius 1 is 1.14 bits per heavy atom. The normalized spacial score (nSPS) is 25.6. The average Bonchev–Trinajstić information content (AvgIpc) is 4.07. The number of hydrogen-bond acceptors (Lipinski definition) is 10. The zero-order valence-corrected chi connectivity index (χ0v) is 31.7. The minimum Gasteiger partial charge on any atom is -0.497 e. The summed E-state index contributed by atoms with van der Waals surface area (Å²) in [4.78, 5) is 61.9. The number of nitrogens with zero attached hydrogens (tertiary/aromatic N) is 3. The van der Waals surface area contributed by atoms with Gasteiger partial charge in [-0.2, -0.15) is 8.78 Å². The second-order valence-electron chi connectivity index (χ2n) is 15.1. The third-order valence-electron chi connectivity index (χ3n) is 11.1. The number of nitrogens with one attached hydrogen (secondary N) is 3. The van der Waals surface area contributed by atoms with Gasteiger partial charge in [-0.05, 0) is 69.6 Å². The fraction of sp³-hybridized carbons (Fsp3) is 0.611. The third kappa shape index (κ3) is 8.34. The van der Waals surface area contributed by atoms with Crippen LogP contribution in [0.3, 0.4) is 0 Å². The Kier molecular flexibility index (Phi) is 11.2. The molecule has 306 valence electrons. The maximum atomic E-state index is 16.0. The van der Waals surface area contributed by atoms with E-state index in [1.165, 1.54) is 38.3 Å². The van der Waals surface area contributed by atoms with Crippen molar-refractivity contribution in [2.24, 2.45) is 17.8 Å². The van der Waals surface area contributed by atoms with Crippen LogP contribution in [0, 0.1) is 17.8 Å². The van der Waals surface area contributed by atoms with E-state index >= 15 is 8.78 Å². The first-order chi connectivity index (χ1) is 26.3. The highest BCUT2D eigenvalue weighted by Crippen LogP contribution is 2.50. The van der Waals surface area contributed by atoms with E-state index in [0.29, 0.717) is 24.2 Å². The number of alkyl halides is 4. The van der Waals surface area contributed by atoms with Gasteiger partial charge in [-0.3, -0.25) is 19.1 Å². The highest BCUT2D eigenvalue weighted by molar-refractivity contribution is 7.91. The van der Waals surface area contributed by atoms with Gasteiger partial charge in [-0.15, -0.1) is 0 Å². The number of hydrogen-bond donors (Lipinski definition) is 4. The van der Waals surface area contributed by atoms with Gasteiger partial charge in [0.1, 0.15) is 30.0 Å². The lowest BCUT2D eigenvalue weighted by molar-refractivity contribution is -0.140. The fourth-order valence-corrected chi connectivity index (χ4v) is 8.41. The Labute approximate surface area is 320 Å². The summed E-state index contributed by atoms with van der Waals surface area (Å²) < 4.78 is 98.0. The molecule has 3 aliphatic carbocycles. The molecule has 1 aromatic heterocycles. The zero-order valence-electron chi connectivity index (χ0n) is 30.9. The first-order valence-electron chi connectivity index (χ1n) is 18.4. The number of rotatable bonds is 17. The number of carbonyl (C=O) groups is 4. The Balaban J connectivity index is 1.33. The number of likely N-dealkylation sites (tertiary alicyclic amines) is 1.